The first-order chi connectivity index (χ1) is 9.40. The molecule has 1 heterocycles. The number of nitro benzene ring substituents is 1. The van der Waals surface area contributed by atoms with Gasteiger partial charge in [-0.3, -0.25) is 10.1 Å². The maximum absolute atomic E-state index is 11.2. The van der Waals surface area contributed by atoms with Gasteiger partial charge >= 0.3 is 0 Å². The molecule has 0 radical (unpaired) electrons. The molecule has 0 spiro atoms. The minimum atomic E-state index is -0.741. The van der Waals surface area contributed by atoms with Crippen LogP contribution in [0.2, 0.25) is 0 Å². The summed E-state index contributed by atoms with van der Waals surface area (Å²) in [6.07, 6.45) is -0.411. The van der Waals surface area contributed by atoms with E-state index in [1.165, 1.54) is 6.07 Å². The van der Waals surface area contributed by atoms with Crippen molar-refractivity contribution in [2.45, 2.75) is 32.5 Å². The molecule has 110 valence electrons. The molecule has 20 heavy (non-hydrogen) atoms. The maximum Gasteiger partial charge on any atom is 0.292 e. The molecular formula is C14H20N2O4. The maximum atomic E-state index is 11.2. The van der Waals surface area contributed by atoms with Crippen LogP contribution in [0.1, 0.15) is 31.9 Å². The van der Waals surface area contributed by atoms with Gasteiger partial charge in [0, 0.05) is 19.2 Å². The highest BCUT2D eigenvalue weighted by atomic mass is 16.6. The number of β-amino-alcohol motifs (C(OH)–C–C–N with tert-alkyl or cyclic N) is 1. The molecule has 1 aromatic carbocycles. The van der Waals surface area contributed by atoms with Gasteiger partial charge in [-0.25, -0.2) is 0 Å². The summed E-state index contributed by atoms with van der Waals surface area (Å²) >= 11 is 0. The fourth-order valence-corrected chi connectivity index (χ4v) is 2.48. The number of aliphatic hydroxyl groups is 2. The number of anilines is 1. The van der Waals surface area contributed by atoms with Gasteiger partial charge in [0.2, 0.25) is 0 Å². The summed E-state index contributed by atoms with van der Waals surface area (Å²) in [4.78, 5) is 12.6. The molecule has 3 atom stereocenters. The fourth-order valence-electron chi connectivity index (χ4n) is 2.48. The Hall–Kier alpha value is -1.66. The molecule has 0 bridgehead atoms. The van der Waals surface area contributed by atoms with Crippen molar-refractivity contribution in [3.63, 3.8) is 0 Å². The zero-order chi connectivity index (χ0) is 14.9. The van der Waals surface area contributed by atoms with E-state index in [2.05, 4.69) is 0 Å². The Morgan fingerprint density at radius 2 is 2.20 bits per heavy atom. The van der Waals surface area contributed by atoms with Crippen molar-refractivity contribution >= 4 is 11.4 Å². The van der Waals surface area contributed by atoms with E-state index in [9.17, 15) is 20.3 Å². The van der Waals surface area contributed by atoms with E-state index in [0.717, 1.165) is 6.42 Å². The fraction of sp³-hybridized carbons (Fsp3) is 0.571. The number of rotatable bonds is 3. The summed E-state index contributed by atoms with van der Waals surface area (Å²) in [6.45, 7) is 4.64. The summed E-state index contributed by atoms with van der Waals surface area (Å²) in [5, 5.41) is 30.7. The third kappa shape index (κ3) is 2.91. The van der Waals surface area contributed by atoms with E-state index < -0.39 is 17.1 Å². The van der Waals surface area contributed by atoms with Gasteiger partial charge in [-0.2, -0.15) is 0 Å². The number of benzene rings is 1. The molecule has 1 fully saturated rings. The average Bonchev–Trinajstić information content (AvgIpc) is 2.41. The Morgan fingerprint density at radius 3 is 2.75 bits per heavy atom. The Balaban J connectivity index is 2.33. The van der Waals surface area contributed by atoms with Crippen LogP contribution in [0.5, 0.6) is 0 Å². The van der Waals surface area contributed by atoms with Crippen LogP contribution < -0.4 is 4.90 Å². The van der Waals surface area contributed by atoms with Gasteiger partial charge in [0.05, 0.1) is 17.1 Å². The van der Waals surface area contributed by atoms with Crippen LogP contribution in [-0.4, -0.2) is 34.3 Å². The Labute approximate surface area is 117 Å². The van der Waals surface area contributed by atoms with Crippen LogP contribution in [0.4, 0.5) is 11.4 Å². The standard InChI is InChI=1S/C14H20N2O4/c1-9-5-6-15(8-14(9)18)12-4-3-11(10(2)17)7-13(12)16(19)20/h3-4,7,9-10,14,17-18H,5-6,8H2,1-2H3/t9?,10-,14?/m1/s1. The number of piperidine rings is 1. The molecular weight excluding hydrogens is 260 g/mol. The van der Waals surface area contributed by atoms with Crippen LogP contribution in [0.15, 0.2) is 18.2 Å². The molecule has 0 aliphatic carbocycles. The van der Waals surface area contributed by atoms with Crippen LogP contribution in [-0.2, 0) is 0 Å². The number of nitrogens with zero attached hydrogens (tertiary/aromatic N) is 2. The lowest BCUT2D eigenvalue weighted by Gasteiger charge is -2.35. The highest BCUT2D eigenvalue weighted by Crippen LogP contribution is 2.33. The third-order valence-electron chi connectivity index (χ3n) is 3.94. The normalized spacial score (nSPS) is 24.5. The Bertz CT molecular complexity index is 504. The molecule has 6 heteroatoms. The van der Waals surface area contributed by atoms with Crippen molar-refractivity contribution in [2.75, 3.05) is 18.0 Å². The van der Waals surface area contributed by atoms with E-state index >= 15 is 0 Å². The predicted octanol–water partition coefficient (Wildman–Crippen LogP) is 1.86. The molecule has 2 unspecified atom stereocenters. The lowest BCUT2D eigenvalue weighted by molar-refractivity contribution is -0.384. The van der Waals surface area contributed by atoms with Gasteiger partial charge < -0.3 is 15.1 Å². The van der Waals surface area contributed by atoms with E-state index in [0.29, 0.717) is 24.3 Å². The van der Waals surface area contributed by atoms with Crippen LogP contribution in [0.3, 0.4) is 0 Å². The zero-order valence-electron chi connectivity index (χ0n) is 11.7. The van der Waals surface area contributed by atoms with Crippen molar-refractivity contribution in [2.24, 2.45) is 5.92 Å². The van der Waals surface area contributed by atoms with Gasteiger partial charge in [0.1, 0.15) is 5.69 Å². The second kappa shape index (κ2) is 5.76. The number of aliphatic hydroxyl groups excluding tert-OH is 2. The third-order valence-corrected chi connectivity index (χ3v) is 3.94. The summed E-state index contributed by atoms with van der Waals surface area (Å²) in [5.41, 5.74) is 1.00. The van der Waals surface area contributed by atoms with E-state index in [1.807, 2.05) is 11.8 Å². The molecule has 1 aromatic rings. The second-order valence-electron chi connectivity index (χ2n) is 5.46. The van der Waals surface area contributed by atoms with Gasteiger partial charge in [0.15, 0.2) is 0 Å². The first-order valence-corrected chi connectivity index (χ1v) is 6.79. The zero-order valence-corrected chi connectivity index (χ0v) is 11.7. The van der Waals surface area contributed by atoms with Crippen molar-refractivity contribution in [3.05, 3.63) is 33.9 Å². The van der Waals surface area contributed by atoms with E-state index in [1.54, 1.807) is 19.1 Å². The van der Waals surface area contributed by atoms with Crippen molar-refractivity contribution in [1.82, 2.24) is 0 Å². The smallest absolute Gasteiger partial charge is 0.292 e. The molecule has 0 saturated carbocycles. The predicted molar refractivity (Wildman–Crippen MR) is 75.7 cm³/mol. The topological polar surface area (TPSA) is 86.8 Å². The minimum Gasteiger partial charge on any atom is -0.391 e. The molecule has 2 N–H and O–H groups in total. The number of hydrogen-bond donors (Lipinski definition) is 2. The molecule has 1 aliphatic rings. The number of nitro groups is 1. The highest BCUT2D eigenvalue weighted by molar-refractivity contribution is 5.64. The molecule has 0 amide bonds. The van der Waals surface area contributed by atoms with E-state index in [4.69, 9.17) is 0 Å². The molecule has 2 rings (SSSR count). The van der Waals surface area contributed by atoms with Crippen molar-refractivity contribution < 1.29 is 15.1 Å². The van der Waals surface area contributed by atoms with Gasteiger partial charge in [-0.05, 0) is 30.9 Å². The first kappa shape index (κ1) is 14.7. The van der Waals surface area contributed by atoms with Crippen LogP contribution in [0, 0.1) is 16.0 Å². The molecule has 1 saturated heterocycles. The lowest BCUT2D eigenvalue weighted by atomic mass is 9.95. The minimum absolute atomic E-state index is 0.0230. The summed E-state index contributed by atoms with van der Waals surface area (Å²) in [6, 6.07) is 4.75. The Morgan fingerprint density at radius 1 is 1.50 bits per heavy atom. The van der Waals surface area contributed by atoms with Crippen molar-refractivity contribution in [1.29, 1.82) is 0 Å². The van der Waals surface area contributed by atoms with Gasteiger partial charge in [0.25, 0.3) is 5.69 Å². The highest BCUT2D eigenvalue weighted by Gasteiger charge is 2.28. The summed E-state index contributed by atoms with van der Waals surface area (Å²) in [7, 11) is 0. The van der Waals surface area contributed by atoms with Crippen LogP contribution in [0.25, 0.3) is 0 Å². The van der Waals surface area contributed by atoms with Gasteiger partial charge in [-0.1, -0.05) is 13.0 Å². The summed E-state index contributed by atoms with van der Waals surface area (Å²) in [5.74, 6) is 0.210. The SMILES string of the molecule is CC1CCN(c2ccc([C@@H](C)O)cc2[N+](=O)[O-])CC1O. The second-order valence-corrected chi connectivity index (χ2v) is 5.46. The molecule has 6 nitrogen and oxygen atoms in total. The molecule has 1 aliphatic heterocycles. The van der Waals surface area contributed by atoms with Gasteiger partial charge in [-0.15, -0.1) is 0 Å². The molecule has 0 aromatic heterocycles. The largest absolute Gasteiger partial charge is 0.391 e. The number of hydrogen-bond acceptors (Lipinski definition) is 5. The van der Waals surface area contributed by atoms with E-state index in [-0.39, 0.29) is 11.6 Å². The Kier molecular flexibility index (Phi) is 4.25. The average molecular weight is 280 g/mol. The monoisotopic (exact) mass is 280 g/mol. The summed E-state index contributed by atoms with van der Waals surface area (Å²) < 4.78 is 0. The quantitative estimate of drug-likeness (QED) is 0.652. The van der Waals surface area contributed by atoms with Crippen LogP contribution >= 0.6 is 0 Å². The first-order valence-electron chi connectivity index (χ1n) is 6.79. The lowest BCUT2D eigenvalue weighted by Crippen LogP contribution is -2.43. The van der Waals surface area contributed by atoms with Crippen molar-refractivity contribution in [3.8, 4) is 0 Å².